The Kier molecular flexibility index (Phi) is 7.63. The second-order valence-corrected chi connectivity index (χ2v) is 8.12. The number of carbonyl (C=O) groups is 1. The van der Waals surface area contributed by atoms with Crippen molar-refractivity contribution in [1.29, 1.82) is 0 Å². The van der Waals surface area contributed by atoms with Gasteiger partial charge in [-0.1, -0.05) is 43.5 Å². The fraction of sp³-hybridized carbons (Fsp3) is 0.480. The monoisotopic (exact) mass is 434 g/mol. The highest BCUT2D eigenvalue weighted by atomic mass is 19.4. The number of halogens is 3. The summed E-state index contributed by atoms with van der Waals surface area (Å²) >= 11 is 0. The lowest BCUT2D eigenvalue weighted by Gasteiger charge is -2.22. The van der Waals surface area contributed by atoms with Crippen LogP contribution in [0, 0.1) is 0 Å². The highest BCUT2D eigenvalue weighted by Gasteiger charge is 2.39. The normalized spacial score (nSPS) is 15.1. The standard InChI is InChI=1S/C25H29F3O3/c1-2-31-22-16-15-20(24(30)23(22)25(26,27)28)21(29)10-6-7-17-11-13-19(14-12-17)18-8-4-3-5-9-18/h11-16,18,30H,2-10H2,1H3. The topological polar surface area (TPSA) is 46.5 Å². The van der Waals surface area contributed by atoms with E-state index in [0.29, 0.717) is 18.8 Å². The van der Waals surface area contributed by atoms with Gasteiger partial charge in [0.15, 0.2) is 5.78 Å². The summed E-state index contributed by atoms with van der Waals surface area (Å²) in [5.41, 5.74) is 0.847. The summed E-state index contributed by atoms with van der Waals surface area (Å²) in [4.78, 5) is 12.5. The zero-order valence-electron chi connectivity index (χ0n) is 17.8. The Hall–Kier alpha value is -2.50. The van der Waals surface area contributed by atoms with Crippen molar-refractivity contribution >= 4 is 5.78 Å². The SMILES string of the molecule is CCOc1ccc(C(=O)CCCc2ccc(C3CCCCC3)cc2)c(O)c1C(F)(F)F. The Morgan fingerprint density at radius 2 is 1.74 bits per heavy atom. The van der Waals surface area contributed by atoms with Crippen molar-refractivity contribution in [3.05, 3.63) is 58.7 Å². The first-order chi connectivity index (χ1) is 14.8. The Bertz CT molecular complexity index is 882. The van der Waals surface area contributed by atoms with Gasteiger partial charge >= 0.3 is 6.18 Å². The van der Waals surface area contributed by atoms with Crippen molar-refractivity contribution in [2.75, 3.05) is 6.61 Å². The first-order valence-corrected chi connectivity index (χ1v) is 11.0. The van der Waals surface area contributed by atoms with Gasteiger partial charge in [-0.15, -0.1) is 0 Å². The van der Waals surface area contributed by atoms with Gasteiger partial charge in [0, 0.05) is 6.42 Å². The zero-order valence-corrected chi connectivity index (χ0v) is 17.8. The van der Waals surface area contributed by atoms with Crippen molar-refractivity contribution in [2.45, 2.75) is 70.4 Å². The number of aromatic hydroxyl groups is 1. The van der Waals surface area contributed by atoms with E-state index >= 15 is 0 Å². The summed E-state index contributed by atoms with van der Waals surface area (Å²) < 4.78 is 45.1. The molecule has 0 heterocycles. The molecule has 1 aliphatic carbocycles. The largest absolute Gasteiger partial charge is 0.506 e. The molecule has 3 nitrogen and oxygen atoms in total. The summed E-state index contributed by atoms with van der Waals surface area (Å²) in [6, 6.07) is 10.8. The van der Waals surface area contributed by atoms with Gasteiger partial charge in [0.1, 0.15) is 17.1 Å². The molecule has 0 saturated heterocycles. The average Bonchev–Trinajstić information content (AvgIpc) is 2.74. The summed E-state index contributed by atoms with van der Waals surface area (Å²) in [7, 11) is 0. The van der Waals surface area contributed by atoms with Crippen LogP contribution in [-0.2, 0) is 12.6 Å². The Balaban J connectivity index is 1.62. The van der Waals surface area contributed by atoms with E-state index in [1.54, 1.807) is 6.92 Å². The van der Waals surface area contributed by atoms with Crippen molar-refractivity contribution in [3.63, 3.8) is 0 Å². The predicted molar refractivity (Wildman–Crippen MR) is 114 cm³/mol. The van der Waals surface area contributed by atoms with Crippen LogP contribution in [0.3, 0.4) is 0 Å². The van der Waals surface area contributed by atoms with Gasteiger partial charge in [0.25, 0.3) is 0 Å². The second kappa shape index (κ2) is 10.2. The lowest BCUT2D eigenvalue weighted by atomic mass is 9.84. The molecule has 0 aliphatic heterocycles. The van der Waals surface area contributed by atoms with Crippen LogP contribution in [0.5, 0.6) is 11.5 Å². The number of aryl methyl sites for hydroxylation is 1. The third-order valence-corrected chi connectivity index (χ3v) is 5.95. The molecule has 0 bridgehead atoms. The third kappa shape index (κ3) is 5.81. The van der Waals surface area contributed by atoms with Gasteiger partial charge in [0.2, 0.25) is 0 Å². The van der Waals surface area contributed by atoms with Crippen molar-refractivity contribution < 1.29 is 27.8 Å². The van der Waals surface area contributed by atoms with E-state index in [0.717, 1.165) is 11.6 Å². The highest BCUT2D eigenvalue weighted by molar-refractivity contribution is 5.99. The van der Waals surface area contributed by atoms with Gasteiger partial charge in [-0.25, -0.2) is 0 Å². The van der Waals surface area contributed by atoms with E-state index in [1.165, 1.54) is 43.7 Å². The average molecular weight is 434 g/mol. The fourth-order valence-electron chi connectivity index (χ4n) is 4.33. The molecule has 6 heteroatoms. The number of alkyl halides is 3. The number of hydrogen-bond acceptors (Lipinski definition) is 3. The number of Topliss-reactive ketones (excluding diaryl/α,β-unsaturated/α-hetero) is 1. The molecular weight excluding hydrogens is 405 g/mol. The molecule has 2 aromatic rings. The molecule has 3 rings (SSSR count). The van der Waals surface area contributed by atoms with Gasteiger partial charge in [-0.3, -0.25) is 4.79 Å². The van der Waals surface area contributed by atoms with Crippen LogP contribution in [0.15, 0.2) is 36.4 Å². The number of phenolic OH excluding ortho intramolecular Hbond substituents is 1. The van der Waals surface area contributed by atoms with E-state index in [4.69, 9.17) is 4.74 Å². The van der Waals surface area contributed by atoms with Crippen LogP contribution >= 0.6 is 0 Å². The second-order valence-electron chi connectivity index (χ2n) is 8.12. The van der Waals surface area contributed by atoms with Gasteiger partial charge in [-0.05, 0) is 61.8 Å². The predicted octanol–water partition coefficient (Wildman–Crippen LogP) is 7.06. The molecular formula is C25H29F3O3. The van der Waals surface area contributed by atoms with E-state index < -0.39 is 29.0 Å². The van der Waals surface area contributed by atoms with E-state index in [1.807, 2.05) is 0 Å². The molecule has 1 fully saturated rings. The maximum absolute atomic E-state index is 13.4. The summed E-state index contributed by atoms with van der Waals surface area (Å²) in [5.74, 6) is -1.40. The minimum atomic E-state index is -4.81. The van der Waals surface area contributed by atoms with Crippen molar-refractivity contribution in [1.82, 2.24) is 0 Å². The zero-order chi connectivity index (χ0) is 22.4. The quantitative estimate of drug-likeness (QED) is 0.452. The minimum absolute atomic E-state index is 0.0232. The lowest BCUT2D eigenvalue weighted by Crippen LogP contribution is -2.12. The smallest absolute Gasteiger partial charge is 0.423 e. The molecule has 1 saturated carbocycles. The molecule has 2 aromatic carbocycles. The van der Waals surface area contributed by atoms with Crippen LogP contribution in [0.4, 0.5) is 13.2 Å². The van der Waals surface area contributed by atoms with Crippen molar-refractivity contribution in [3.8, 4) is 11.5 Å². The number of hydrogen-bond donors (Lipinski definition) is 1. The van der Waals surface area contributed by atoms with Gasteiger partial charge < -0.3 is 9.84 Å². The number of ketones is 1. The Morgan fingerprint density at radius 1 is 1.06 bits per heavy atom. The molecule has 1 aliphatic rings. The molecule has 31 heavy (non-hydrogen) atoms. The Labute approximate surface area is 181 Å². The first-order valence-electron chi connectivity index (χ1n) is 11.0. The molecule has 0 unspecified atom stereocenters. The number of benzene rings is 2. The highest BCUT2D eigenvalue weighted by Crippen LogP contribution is 2.44. The molecule has 0 amide bonds. The van der Waals surface area contributed by atoms with Crippen LogP contribution < -0.4 is 4.74 Å². The maximum atomic E-state index is 13.4. The first kappa shape index (κ1) is 23.2. The summed E-state index contributed by atoms with van der Waals surface area (Å²) in [6.07, 6.45) is 2.74. The number of ether oxygens (including phenoxy) is 1. The number of rotatable bonds is 8. The fourth-order valence-corrected chi connectivity index (χ4v) is 4.33. The van der Waals surface area contributed by atoms with E-state index in [-0.39, 0.29) is 18.6 Å². The lowest BCUT2D eigenvalue weighted by molar-refractivity contribution is -0.140. The van der Waals surface area contributed by atoms with Crippen molar-refractivity contribution in [2.24, 2.45) is 0 Å². The minimum Gasteiger partial charge on any atom is -0.506 e. The summed E-state index contributed by atoms with van der Waals surface area (Å²) in [5, 5.41) is 10.2. The molecule has 0 aromatic heterocycles. The van der Waals surface area contributed by atoms with Crippen LogP contribution in [0.2, 0.25) is 0 Å². The van der Waals surface area contributed by atoms with Crippen LogP contribution in [0.1, 0.15) is 84.8 Å². The van der Waals surface area contributed by atoms with Gasteiger partial charge in [-0.2, -0.15) is 13.2 Å². The van der Waals surface area contributed by atoms with Crippen LogP contribution in [-0.4, -0.2) is 17.5 Å². The Morgan fingerprint density at radius 3 is 2.35 bits per heavy atom. The molecule has 1 N–H and O–H groups in total. The molecule has 0 radical (unpaired) electrons. The summed E-state index contributed by atoms with van der Waals surface area (Å²) in [6.45, 7) is 1.58. The van der Waals surface area contributed by atoms with Crippen LogP contribution in [0.25, 0.3) is 0 Å². The molecule has 0 spiro atoms. The maximum Gasteiger partial charge on any atom is 0.423 e. The number of carbonyl (C=O) groups excluding carboxylic acids is 1. The van der Waals surface area contributed by atoms with E-state index in [9.17, 15) is 23.1 Å². The third-order valence-electron chi connectivity index (χ3n) is 5.95. The van der Waals surface area contributed by atoms with E-state index in [2.05, 4.69) is 24.3 Å². The molecule has 0 atom stereocenters. The van der Waals surface area contributed by atoms with Gasteiger partial charge in [0.05, 0.1) is 12.2 Å². The molecule has 168 valence electrons. The number of phenols is 1.